The predicted octanol–water partition coefficient (Wildman–Crippen LogP) is 1.38. The molecule has 1 aliphatic carbocycles. The van der Waals surface area contributed by atoms with Crippen molar-refractivity contribution in [1.82, 2.24) is 20.9 Å². The molecule has 0 bridgehead atoms. The summed E-state index contributed by atoms with van der Waals surface area (Å²) in [5.41, 5.74) is 0. The van der Waals surface area contributed by atoms with Gasteiger partial charge in [-0.1, -0.05) is 45.3 Å². The maximum Gasteiger partial charge on any atom is 0.289 e. The Morgan fingerprint density at radius 2 is 1.66 bits per heavy atom. The van der Waals surface area contributed by atoms with Crippen LogP contribution in [0.3, 0.4) is 0 Å². The van der Waals surface area contributed by atoms with Gasteiger partial charge in [-0.15, -0.1) is 13.2 Å². The Balaban J connectivity index is 2.20. The molecule has 10 nitrogen and oxygen atoms in total. The average molecular weight is 533 g/mol. The number of allylic oxidation sites excluding steroid dienone is 1. The van der Waals surface area contributed by atoms with Gasteiger partial charge in [-0.05, 0) is 50.4 Å². The average Bonchev–Trinajstić information content (AvgIpc) is 3.41. The number of ketones is 1. The second kappa shape index (κ2) is 15.4. The van der Waals surface area contributed by atoms with Crippen molar-refractivity contribution in [2.75, 3.05) is 13.1 Å². The molecule has 1 aliphatic heterocycles. The first-order valence-corrected chi connectivity index (χ1v) is 13.7. The summed E-state index contributed by atoms with van der Waals surface area (Å²) in [4.78, 5) is 66.3. The fourth-order valence-corrected chi connectivity index (χ4v) is 5.10. The zero-order valence-electron chi connectivity index (χ0n) is 22.7. The summed E-state index contributed by atoms with van der Waals surface area (Å²) < 4.78 is 0. The number of hydrogen-bond acceptors (Lipinski definition) is 6. The molecule has 0 aromatic rings. The summed E-state index contributed by atoms with van der Waals surface area (Å²) in [6.07, 6.45) is 7.92. The number of rotatable bonds is 14. The molecule has 0 aromatic heterocycles. The van der Waals surface area contributed by atoms with Gasteiger partial charge in [-0.3, -0.25) is 24.0 Å². The molecule has 0 spiro atoms. The molecule has 4 atom stereocenters. The van der Waals surface area contributed by atoms with Crippen LogP contribution in [0.5, 0.6) is 0 Å². The summed E-state index contributed by atoms with van der Waals surface area (Å²) in [5, 5.41) is 18.2. The van der Waals surface area contributed by atoms with Gasteiger partial charge < -0.3 is 26.0 Å². The largest absolute Gasteiger partial charge is 0.383 e. The first-order valence-electron chi connectivity index (χ1n) is 13.7. The predicted molar refractivity (Wildman–Crippen MR) is 144 cm³/mol. The lowest BCUT2D eigenvalue weighted by Gasteiger charge is -2.35. The number of aliphatic hydroxyl groups excluding tert-OH is 1. The maximum absolute atomic E-state index is 13.8. The summed E-state index contributed by atoms with van der Waals surface area (Å²) in [6, 6.07) is -2.72. The van der Waals surface area contributed by atoms with Crippen LogP contribution >= 0.6 is 0 Å². The Hall–Kier alpha value is -3.01. The van der Waals surface area contributed by atoms with Crippen LogP contribution in [0.4, 0.5) is 0 Å². The minimum absolute atomic E-state index is 0.0839. The summed E-state index contributed by atoms with van der Waals surface area (Å²) in [5.74, 6) is -3.43. The van der Waals surface area contributed by atoms with Crippen molar-refractivity contribution < 1.29 is 29.1 Å². The van der Waals surface area contributed by atoms with E-state index in [1.807, 2.05) is 0 Å². The summed E-state index contributed by atoms with van der Waals surface area (Å²) in [6.45, 7) is 11.1. The molecule has 2 fully saturated rings. The zero-order valence-corrected chi connectivity index (χ0v) is 22.7. The Morgan fingerprint density at radius 1 is 0.974 bits per heavy atom. The highest BCUT2D eigenvalue weighted by Gasteiger charge is 2.42. The van der Waals surface area contributed by atoms with Crippen molar-refractivity contribution in [2.24, 2.45) is 11.8 Å². The number of carbonyl (C=O) groups is 5. The molecule has 2 rings (SSSR count). The van der Waals surface area contributed by atoms with Gasteiger partial charge in [0.15, 0.2) is 0 Å². The quantitative estimate of drug-likeness (QED) is 0.197. The first kappa shape index (κ1) is 31.2. The number of Topliss-reactive ketones (excluding diaryl/α,β-unsaturated/α-hetero) is 1. The van der Waals surface area contributed by atoms with Gasteiger partial charge in [0.2, 0.25) is 23.5 Å². The van der Waals surface area contributed by atoms with Gasteiger partial charge in [-0.25, -0.2) is 0 Å². The highest BCUT2D eigenvalue weighted by atomic mass is 16.3. The molecule has 2 unspecified atom stereocenters. The lowest BCUT2D eigenvalue weighted by Crippen LogP contribution is -2.59. The Morgan fingerprint density at radius 3 is 2.26 bits per heavy atom. The van der Waals surface area contributed by atoms with Crippen LogP contribution < -0.4 is 16.0 Å². The van der Waals surface area contributed by atoms with Gasteiger partial charge in [0, 0.05) is 13.1 Å². The molecule has 4 amide bonds. The minimum Gasteiger partial charge on any atom is -0.383 e. The third kappa shape index (κ3) is 8.51. The Bertz CT molecular complexity index is 883. The van der Waals surface area contributed by atoms with E-state index in [9.17, 15) is 29.1 Å². The monoisotopic (exact) mass is 532 g/mol. The van der Waals surface area contributed by atoms with Gasteiger partial charge >= 0.3 is 0 Å². The molecular formula is C28H44N4O6. The lowest BCUT2D eigenvalue weighted by molar-refractivity contribution is -0.145. The van der Waals surface area contributed by atoms with E-state index in [4.69, 9.17) is 0 Å². The van der Waals surface area contributed by atoms with Crippen molar-refractivity contribution >= 4 is 29.4 Å². The molecule has 4 N–H and O–H groups in total. The Kier molecular flexibility index (Phi) is 12.7. The second-order valence-electron chi connectivity index (χ2n) is 10.6. The highest BCUT2D eigenvalue weighted by Crippen LogP contribution is 2.29. The van der Waals surface area contributed by atoms with Crippen molar-refractivity contribution in [2.45, 2.75) is 95.9 Å². The van der Waals surface area contributed by atoms with Crippen molar-refractivity contribution in [3.05, 3.63) is 25.3 Å². The number of aliphatic hydroxyl groups is 1. The van der Waals surface area contributed by atoms with E-state index in [1.165, 1.54) is 11.0 Å². The standard InChI is InChI=1S/C28H44N4O6/c1-5-7-14-20(24(34)26(36)29-16-6-2)30-25(35)21-15-11-17-32(21)28(38)22(19-12-9-8-10-13-19)31-27(37)23(33)18(3)4/h5-6,18-23,33H,1-2,7-17H2,3-4H3,(H,29,36)(H,30,35)(H,31,37)/t20?,21-,22-,23?/m0/s1. The molecule has 2 aliphatic rings. The van der Waals surface area contributed by atoms with Crippen LogP contribution in [0, 0.1) is 11.8 Å². The maximum atomic E-state index is 13.8. The third-order valence-corrected chi connectivity index (χ3v) is 7.35. The molecule has 38 heavy (non-hydrogen) atoms. The molecule has 0 radical (unpaired) electrons. The molecule has 0 aromatic carbocycles. The fraction of sp³-hybridized carbons (Fsp3) is 0.679. The van der Waals surface area contributed by atoms with E-state index < -0.39 is 47.7 Å². The fourth-order valence-electron chi connectivity index (χ4n) is 5.10. The number of nitrogens with one attached hydrogen (secondary N) is 3. The van der Waals surface area contributed by atoms with E-state index in [-0.39, 0.29) is 30.7 Å². The highest BCUT2D eigenvalue weighted by molar-refractivity contribution is 6.38. The van der Waals surface area contributed by atoms with Gasteiger partial charge in [0.1, 0.15) is 18.2 Å². The van der Waals surface area contributed by atoms with Gasteiger partial charge in [0.25, 0.3) is 5.91 Å². The van der Waals surface area contributed by atoms with Crippen LogP contribution in [0.1, 0.15) is 71.6 Å². The van der Waals surface area contributed by atoms with Crippen LogP contribution in [0.25, 0.3) is 0 Å². The van der Waals surface area contributed by atoms with E-state index in [0.717, 1.165) is 32.1 Å². The smallest absolute Gasteiger partial charge is 0.289 e. The Labute approximate surface area is 225 Å². The van der Waals surface area contributed by atoms with E-state index >= 15 is 0 Å². The van der Waals surface area contributed by atoms with E-state index in [2.05, 4.69) is 29.1 Å². The van der Waals surface area contributed by atoms with Crippen molar-refractivity contribution in [3.8, 4) is 0 Å². The molecule has 10 heteroatoms. The van der Waals surface area contributed by atoms with Crippen molar-refractivity contribution in [1.29, 1.82) is 0 Å². The third-order valence-electron chi connectivity index (χ3n) is 7.35. The number of nitrogens with zero attached hydrogens (tertiary/aromatic N) is 1. The number of hydrogen-bond donors (Lipinski definition) is 4. The summed E-state index contributed by atoms with van der Waals surface area (Å²) in [7, 11) is 0. The minimum atomic E-state index is -1.24. The van der Waals surface area contributed by atoms with Crippen LogP contribution in [0.2, 0.25) is 0 Å². The first-order chi connectivity index (χ1) is 18.1. The van der Waals surface area contributed by atoms with Crippen LogP contribution in [0.15, 0.2) is 25.3 Å². The van der Waals surface area contributed by atoms with Gasteiger partial charge in [-0.2, -0.15) is 0 Å². The van der Waals surface area contributed by atoms with Crippen molar-refractivity contribution in [3.63, 3.8) is 0 Å². The SMILES string of the molecule is C=CCCC(NC(=O)[C@@H]1CCCN1C(=O)[C@@H](NC(=O)C(O)C(C)C)C1CCCCC1)C(=O)C(=O)NCC=C. The number of likely N-dealkylation sites (tertiary alicyclic amines) is 1. The molecule has 1 heterocycles. The summed E-state index contributed by atoms with van der Waals surface area (Å²) >= 11 is 0. The molecule has 1 saturated heterocycles. The number of carbonyl (C=O) groups excluding carboxylic acids is 5. The second-order valence-corrected chi connectivity index (χ2v) is 10.6. The topological polar surface area (TPSA) is 145 Å². The van der Waals surface area contributed by atoms with Crippen LogP contribution in [-0.4, -0.2) is 76.7 Å². The lowest BCUT2D eigenvalue weighted by atomic mass is 9.83. The van der Waals surface area contributed by atoms with E-state index in [0.29, 0.717) is 25.8 Å². The molecule has 1 saturated carbocycles. The number of amides is 4. The zero-order chi connectivity index (χ0) is 28.2. The van der Waals surface area contributed by atoms with Crippen LogP contribution in [-0.2, 0) is 24.0 Å². The normalized spacial score (nSPS) is 20.2. The molecule has 212 valence electrons. The van der Waals surface area contributed by atoms with E-state index in [1.54, 1.807) is 19.9 Å². The molecular weight excluding hydrogens is 488 g/mol. The van der Waals surface area contributed by atoms with Gasteiger partial charge in [0.05, 0.1) is 6.04 Å².